The Morgan fingerprint density at radius 1 is 1.11 bits per heavy atom. The molecular formula is C23H25N3OS. The molecule has 0 spiro atoms. The molecule has 1 amide bonds. The van der Waals surface area contributed by atoms with Gasteiger partial charge in [0.1, 0.15) is 10.9 Å². The topological polar surface area (TPSA) is 46.1 Å². The second-order valence-corrected chi connectivity index (χ2v) is 8.46. The highest BCUT2D eigenvalue weighted by atomic mass is 32.2. The van der Waals surface area contributed by atoms with E-state index in [4.69, 9.17) is 9.97 Å². The van der Waals surface area contributed by atoms with Crippen LogP contribution in [0.25, 0.3) is 10.9 Å². The van der Waals surface area contributed by atoms with Gasteiger partial charge in [-0.2, -0.15) is 0 Å². The first kappa shape index (κ1) is 18.9. The smallest absolute Gasteiger partial charge is 0.232 e. The predicted molar refractivity (Wildman–Crippen MR) is 114 cm³/mol. The second kappa shape index (κ2) is 8.74. The zero-order valence-corrected chi connectivity index (χ0v) is 17.0. The van der Waals surface area contributed by atoms with Crippen molar-refractivity contribution in [3.63, 3.8) is 0 Å². The highest BCUT2D eigenvalue weighted by molar-refractivity contribution is 8.00. The van der Waals surface area contributed by atoms with E-state index >= 15 is 0 Å². The third-order valence-electron chi connectivity index (χ3n) is 5.16. The molecule has 1 aromatic heterocycles. The van der Waals surface area contributed by atoms with E-state index in [-0.39, 0.29) is 5.91 Å². The summed E-state index contributed by atoms with van der Waals surface area (Å²) in [7, 11) is 0. The molecule has 4 rings (SSSR count). The van der Waals surface area contributed by atoms with Crippen LogP contribution in [-0.4, -0.2) is 39.6 Å². The van der Waals surface area contributed by atoms with Crippen LogP contribution >= 0.6 is 11.8 Å². The van der Waals surface area contributed by atoms with Crippen molar-refractivity contribution in [1.29, 1.82) is 0 Å². The van der Waals surface area contributed by atoms with Crippen molar-refractivity contribution < 1.29 is 4.79 Å². The van der Waals surface area contributed by atoms with Crippen molar-refractivity contribution in [3.8, 4) is 0 Å². The number of hydrogen-bond donors (Lipinski definition) is 0. The number of amides is 1. The molecule has 0 N–H and O–H groups in total. The molecule has 0 radical (unpaired) electrons. The number of carbonyl (C=O) groups excluding carboxylic acids is 1. The van der Waals surface area contributed by atoms with E-state index in [1.807, 2.05) is 47.4 Å². The van der Waals surface area contributed by atoms with Gasteiger partial charge in [-0.15, -0.1) is 0 Å². The lowest BCUT2D eigenvalue weighted by atomic mass is 10.0. The standard InChI is InChI=1S/C23H25N3OS/c1-17-8-7-13-26(15-17)22(27)16-28-23-19-11-5-6-12-20(19)24-21(25-23)14-18-9-3-2-4-10-18/h2-6,9-12,17H,7-8,13-16H2,1H3/t17-/m0/s1. The molecule has 1 aliphatic rings. The molecule has 5 heteroatoms. The van der Waals surface area contributed by atoms with Crippen molar-refractivity contribution in [2.75, 3.05) is 18.8 Å². The number of aromatic nitrogens is 2. The number of para-hydroxylation sites is 1. The first-order chi connectivity index (χ1) is 13.7. The average Bonchev–Trinajstić information content (AvgIpc) is 2.72. The number of hydrogen-bond acceptors (Lipinski definition) is 4. The van der Waals surface area contributed by atoms with Crippen LogP contribution in [0.5, 0.6) is 0 Å². The number of fused-ring (bicyclic) bond motifs is 1. The molecule has 3 aromatic rings. The second-order valence-electron chi connectivity index (χ2n) is 7.50. The maximum absolute atomic E-state index is 12.7. The van der Waals surface area contributed by atoms with E-state index in [1.54, 1.807) is 0 Å². The number of likely N-dealkylation sites (tertiary alicyclic amines) is 1. The fourth-order valence-corrected chi connectivity index (χ4v) is 4.64. The number of piperidine rings is 1. The summed E-state index contributed by atoms with van der Waals surface area (Å²) in [6.07, 6.45) is 3.02. The number of rotatable bonds is 5. The third kappa shape index (κ3) is 4.53. The minimum absolute atomic E-state index is 0.212. The van der Waals surface area contributed by atoms with E-state index < -0.39 is 0 Å². The Hall–Kier alpha value is -2.40. The highest BCUT2D eigenvalue weighted by Crippen LogP contribution is 2.27. The van der Waals surface area contributed by atoms with Crippen molar-refractivity contribution in [1.82, 2.24) is 14.9 Å². The van der Waals surface area contributed by atoms with Gasteiger partial charge in [-0.25, -0.2) is 9.97 Å². The Bertz CT molecular complexity index is 960. The van der Waals surface area contributed by atoms with Gasteiger partial charge in [0, 0.05) is 24.9 Å². The average molecular weight is 392 g/mol. The van der Waals surface area contributed by atoms with Gasteiger partial charge in [0.25, 0.3) is 0 Å². The zero-order chi connectivity index (χ0) is 19.3. The van der Waals surface area contributed by atoms with Crippen LogP contribution in [0.4, 0.5) is 0 Å². The van der Waals surface area contributed by atoms with Gasteiger partial charge < -0.3 is 4.90 Å². The SMILES string of the molecule is C[C@H]1CCCN(C(=O)CSc2nc(Cc3ccccc3)nc3ccccc23)C1. The van der Waals surface area contributed by atoms with Crippen LogP contribution in [0.15, 0.2) is 59.6 Å². The molecular weight excluding hydrogens is 366 g/mol. The van der Waals surface area contributed by atoms with Crippen LogP contribution in [0.2, 0.25) is 0 Å². The van der Waals surface area contributed by atoms with Crippen LogP contribution in [-0.2, 0) is 11.2 Å². The van der Waals surface area contributed by atoms with Crippen molar-refractivity contribution in [2.24, 2.45) is 5.92 Å². The van der Waals surface area contributed by atoms with Gasteiger partial charge in [0.2, 0.25) is 5.91 Å². The summed E-state index contributed by atoms with van der Waals surface area (Å²) in [5, 5.41) is 1.92. The maximum atomic E-state index is 12.7. The summed E-state index contributed by atoms with van der Waals surface area (Å²) in [6.45, 7) is 3.98. The summed E-state index contributed by atoms with van der Waals surface area (Å²) in [6, 6.07) is 18.3. The van der Waals surface area contributed by atoms with Crippen molar-refractivity contribution >= 4 is 28.6 Å². The normalized spacial score (nSPS) is 17.0. The quantitative estimate of drug-likeness (QED) is 0.472. The first-order valence-corrected chi connectivity index (χ1v) is 10.9. The molecule has 1 fully saturated rings. The van der Waals surface area contributed by atoms with E-state index in [0.717, 1.165) is 41.3 Å². The molecule has 1 atom stereocenters. The van der Waals surface area contributed by atoms with Gasteiger partial charge in [0.05, 0.1) is 11.3 Å². The molecule has 1 aliphatic heterocycles. The van der Waals surface area contributed by atoms with Crippen LogP contribution in [0.1, 0.15) is 31.2 Å². The number of benzene rings is 2. The molecule has 0 aliphatic carbocycles. The summed E-state index contributed by atoms with van der Waals surface area (Å²) in [5.41, 5.74) is 2.12. The summed E-state index contributed by atoms with van der Waals surface area (Å²) in [5.74, 6) is 2.04. The van der Waals surface area contributed by atoms with Gasteiger partial charge in [-0.3, -0.25) is 4.79 Å². The summed E-state index contributed by atoms with van der Waals surface area (Å²) < 4.78 is 0. The number of thioether (sulfide) groups is 1. The van der Waals surface area contributed by atoms with Crippen molar-refractivity contribution in [3.05, 3.63) is 66.0 Å². The number of nitrogens with zero attached hydrogens (tertiary/aromatic N) is 3. The minimum Gasteiger partial charge on any atom is -0.342 e. The zero-order valence-electron chi connectivity index (χ0n) is 16.2. The van der Waals surface area contributed by atoms with Crippen LogP contribution in [0, 0.1) is 5.92 Å². The maximum Gasteiger partial charge on any atom is 0.232 e. The van der Waals surface area contributed by atoms with Gasteiger partial charge in [-0.1, -0.05) is 67.2 Å². The van der Waals surface area contributed by atoms with E-state index in [2.05, 4.69) is 19.1 Å². The lowest BCUT2D eigenvalue weighted by Gasteiger charge is -2.30. The summed E-state index contributed by atoms with van der Waals surface area (Å²) in [4.78, 5) is 24.2. The molecule has 0 unspecified atom stereocenters. The van der Waals surface area contributed by atoms with E-state index in [9.17, 15) is 4.79 Å². The lowest BCUT2D eigenvalue weighted by Crippen LogP contribution is -2.40. The van der Waals surface area contributed by atoms with E-state index in [1.165, 1.54) is 23.7 Å². The lowest BCUT2D eigenvalue weighted by molar-refractivity contribution is -0.130. The summed E-state index contributed by atoms with van der Waals surface area (Å²) >= 11 is 1.54. The Morgan fingerprint density at radius 2 is 1.89 bits per heavy atom. The Balaban J connectivity index is 1.54. The van der Waals surface area contributed by atoms with Crippen molar-refractivity contribution in [2.45, 2.75) is 31.2 Å². The fourth-order valence-electron chi connectivity index (χ4n) is 3.70. The van der Waals surface area contributed by atoms with Crippen LogP contribution < -0.4 is 0 Å². The highest BCUT2D eigenvalue weighted by Gasteiger charge is 2.21. The molecule has 144 valence electrons. The number of carbonyl (C=O) groups is 1. The molecule has 0 saturated carbocycles. The fraction of sp³-hybridized carbons (Fsp3) is 0.348. The monoisotopic (exact) mass is 391 g/mol. The minimum atomic E-state index is 0.212. The van der Waals surface area contributed by atoms with Gasteiger partial charge >= 0.3 is 0 Å². The first-order valence-electron chi connectivity index (χ1n) is 9.89. The molecule has 1 saturated heterocycles. The predicted octanol–water partition coefficient (Wildman–Crippen LogP) is 4.57. The molecule has 4 nitrogen and oxygen atoms in total. The Kier molecular flexibility index (Phi) is 5.91. The molecule has 2 heterocycles. The molecule has 2 aromatic carbocycles. The molecule has 0 bridgehead atoms. The largest absolute Gasteiger partial charge is 0.342 e. The third-order valence-corrected chi connectivity index (χ3v) is 6.14. The Labute approximate surface area is 170 Å². The molecule has 28 heavy (non-hydrogen) atoms. The Morgan fingerprint density at radius 3 is 2.71 bits per heavy atom. The van der Waals surface area contributed by atoms with Gasteiger partial charge in [-0.05, 0) is 30.4 Å². The van der Waals surface area contributed by atoms with E-state index in [0.29, 0.717) is 18.1 Å². The van der Waals surface area contributed by atoms with Crippen LogP contribution in [0.3, 0.4) is 0 Å². The van der Waals surface area contributed by atoms with Gasteiger partial charge in [0.15, 0.2) is 0 Å².